The standard InChI is InChI=1S/C17H19N5O3S/c1-12-15(16(23)19-2)6-4-3-5-11-20-17(21-12)22-13-7-9-14(10-8-13)26(18,24)25/h3-4,6-11H,1,5H2,2H3,(H,19,23)(H,21,22)(H2,18,24,25)/b4-3-,15-6?,20-11?. The van der Waals surface area contributed by atoms with Gasteiger partial charge in [-0.2, -0.15) is 0 Å². The lowest BCUT2D eigenvalue weighted by atomic mass is 10.1. The first-order valence-corrected chi connectivity index (χ1v) is 9.15. The molecule has 1 heterocycles. The Morgan fingerprint density at radius 1 is 1.27 bits per heavy atom. The lowest BCUT2D eigenvalue weighted by Gasteiger charge is -2.10. The maximum absolute atomic E-state index is 12.0. The summed E-state index contributed by atoms with van der Waals surface area (Å²) < 4.78 is 22.6. The molecule has 0 saturated carbocycles. The Morgan fingerprint density at radius 3 is 2.58 bits per heavy atom. The number of carbonyl (C=O) groups is 1. The third kappa shape index (κ3) is 5.23. The fourth-order valence-corrected chi connectivity index (χ4v) is 2.53. The van der Waals surface area contributed by atoms with E-state index in [2.05, 4.69) is 27.2 Å². The van der Waals surface area contributed by atoms with Gasteiger partial charge in [0.2, 0.25) is 16.0 Å². The highest BCUT2D eigenvalue weighted by atomic mass is 32.2. The summed E-state index contributed by atoms with van der Waals surface area (Å²) >= 11 is 0. The summed E-state index contributed by atoms with van der Waals surface area (Å²) in [5.74, 6) is -0.103. The van der Waals surface area contributed by atoms with Crippen LogP contribution in [0.15, 0.2) is 75.2 Å². The average Bonchev–Trinajstić information content (AvgIpc) is 2.59. The van der Waals surface area contributed by atoms with Gasteiger partial charge < -0.3 is 10.6 Å². The molecule has 1 aromatic carbocycles. The summed E-state index contributed by atoms with van der Waals surface area (Å²) in [6, 6.07) is 5.81. The molecule has 0 bridgehead atoms. The zero-order chi connectivity index (χ0) is 19.2. The largest absolute Gasteiger partial charge is 0.355 e. The summed E-state index contributed by atoms with van der Waals surface area (Å²) in [5, 5.41) is 10.6. The van der Waals surface area contributed by atoms with E-state index in [1.165, 1.54) is 31.3 Å². The van der Waals surface area contributed by atoms with E-state index >= 15 is 0 Å². The summed E-state index contributed by atoms with van der Waals surface area (Å²) in [4.78, 5) is 20.4. The Balaban J connectivity index is 2.30. The van der Waals surface area contributed by atoms with E-state index in [9.17, 15) is 13.2 Å². The number of anilines is 1. The van der Waals surface area contributed by atoms with E-state index in [0.29, 0.717) is 17.7 Å². The number of sulfonamides is 1. The molecule has 1 aromatic rings. The van der Waals surface area contributed by atoms with Gasteiger partial charge in [0.25, 0.3) is 5.91 Å². The number of rotatable bonds is 3. The molecule has 0 spiro atoms. The van der Waals surface area contributed by atoms with Crippen LogP contribution >= 0.6 is 0 Å². The van der Waals surface area contributed by atoms with E-state index in [4.69, 9.17) is 5.14 Å². The van der Waals surface area contributed by atoms with Crippen LogP contribution in [0.25, 0.3) is 0 Å². The van der Waals surface area contributed by atoms with Gasteiger partial charge >= 0.3 is 0 Å². The monoisotopic (exact) mass is 373 g/mol. The van der Waals surface area contributed by atoms with E-state index in [-0.39, 0.29) is 22.5 Å². The molecule has 0 fully saturated rings. The molecule has 0 aliphatic carbocycles. The summed E-state index contributed by atoms with van der Waals surface area (Å²) in [6.07, 6.45) is 7.40. The van der Waals surface area contributed by atoms with Crippen LogP contribution in [0.2, 0.25) is 0 Å². The molecule has 2 rings (SSSR count). The summed E-state index contributed by atoms with van der Waals surface area (Å²) in [6.45, 7) is 3.82. The molecule has 0 radical (unpaired) electrons. The number of primary sulfonamides is 1. The van der Waals surface area contributed by atoms with Crippen molar-refractivity contribution in [2.24, 2.45) is 15.1 Å². The number of benzene rings is 1. The Hall–Kier alpha value is -3.04. The molecule has 4 N–H and O–H groups in total. The molecule has 1 aliphatic rings. The van der Waals surface area contributed by atoms with Gasteiger partial charge in [-0.05, 0) is 30.3 Å². The number of nitrogens with zero attached hydrogens (tertiary/aromatic N) is 2. The van der Waals surface area contributed by atoms with Crippen LogP contribution in [0.4, 0.5) is 5.69 Å². The van der Waals surface area contributed by atoms with E-state index in [1.54, 1.807) is 18.4 Å². The van der Waals surface area contributed by atoms with Gasteiger partial charge in [0, 0.05) is 25.4 Å². The number of allylic oxidation sites excluding steroid dienone is 3. The SMILES string of the molecule is C=C1N=C(Nc2ccc(S(N)(=O)=O)cc2)N=CC/C=C\C=C1C(=O)NC. The number of hydrogen-bond acceptors (Lipinski definition) is 6. The fourth-order valence-electron chi connectivity index (χ4n) is 2.01. The molecule has 0 atom stereocenters. The number of amides is 1. The highest BCUT2D eigenvalue weighted by Gasteiger charge is 2.12. The van der Waals surface area contributed by atoms with Crippen molar-refractivity contribution < 1.29 is 13.2 Å². The maximum Gasteiger partial charge on any atom is 0.253 e. The number of nitrogens with one attached hydrogen (secondary N) is 2. The van der Waals surface area contributed by atoms with Crippen LogP contribution in [0.1, 0.15) is 6.42 Å². The van der Waals surface area contributed by atoms with E-state index in [1.807, 2.05) is 6.08 Å². The van der Waals surface area contributed by atoms with Gasteiger partial charge in [0.1, 0.15) is 0 Å². The van der Waals surface area contributed by atoms with Crippen LogP contribution in [0.3, 0.4) is 0 Å². The molecule has 1 amide bonds. The minimum Gasteiger partial charge on any atom is -0.355 e. The molecule has 0 unspecified atom stereocenters. The lowest BCUT2D eigenvalue weighted by molar-refractivity contribution is -0.116. The van der Waals surface area contributed by atoms with Crippen LogP contribution in [-0.4, -0.2) is 33.5 Å². The van der Waals surface area contributed by atoms with Crippen molar-refractivity contribution >= 4 is 33.8 Å². The Morgan fingerprint density at radius 2 is 1.96 bits per heavy atom. The predicted octanol–water partition coefficient (Wildman–Crippen LogP) is 1.32. The quantitative estimate of drug-likeness (QED) is 0.738. The van der Waals surface area contributed by atoms with Crippen molar-refractivity contribution in [2.45, 2.75) is 11.3 Å². The van der Waals surface area contributed by atoms with Crippen molar-refractivity contribution in [1.82, 2.24) is 5.32 Å². The Kier molecular flexibility index (Phi) is 6.21. The molecule has 8 nitrogen and oxygen atoms in total. The zero-order valence-corrected chi connectivity index (χ0v) is 15.0. The third-order valence-corrected chi connectivity index (χ3v) is 4.25. The van der Waals surface area contributed by atoms with Crippen LogP contribution in [0, 0.1) is 0 Å². The van der Waals surface area contributed by atoms with Gasteiger partial charge in [0.05, 0.1) is 16.2 Å². The first-order valence-electron chi connectivity index (χ1n) is 7.60. The van der Waals surface area contributed by atoms with Crippen LogP contribution in [0.5, 0.6) is 0 Å². The lowest BCUT2D eigenvalue weighted by Crippen LogP contribution is -2.21. The van der Waals surface area contributed by atoms with Crippen molar-refractivity contribution in [3.8, 4) is 0 Å². The van der Waals surface area contributed by atoms with Gasteiger partial charge in [-0.25, -0.2) is 23.5 Å². The second kappa shape index (κ2) is 8.37. The highest BCUT2D eigenvalue weighted by molar-refractivity contribution is 7.89. The van der Waals surface area contributed by atoms with Gasteiger partial charge in [0.15, 0.2) is 0 Å². The third-order valence-electron chi connectivity index (χ3n) is 3.32. The van der Waals surface area contributed by atoms with Crippen LogP contribution < -0.4 is 15.8 Å². The highest BCUT2D eigenvalue weighted by Crippen LogP contribution is 2.15. The van der Waals surface area contributed by atoms with Crippen molar-refractivity contribution in [3.05, 3.63) is 60.3 Å². The Labute approximate surface area is 152 Å². The second-order valence-electron chi connectivity index (χ2n) is 5.21. The molecular formula is C17H19N5O3S. The topological polar surface area (TPSA) is 126 Å². The minimum atomic E-state index is -3.76. The molecule has 0 saturated heterocycles. The summed E-state index contributed by atoms with van der Waals surface area (Å²) in [7, 11) is -2.24. The number of aliphatic imine (C=N–C) groups is 2. The molecule has 26 heavy (non-hydrogen) atoms. The normalized spacial score (nSPS) is 16.3. The van der Waals surface area contributed by atoms with Gasteiger partial charge in [-0.15, -0.1) is 0 Å². The number of carbonyl (C=O) groups excluding carboxylic acids is 1. The number of likely N-dealkylation sites (N-methyl/N-ethyl adjacent to an activating group) is 1. The first-order chi connectivity index (χ1) is 12.3. The molecule has 0 aromatic heterocycles. The zero-order valence-electron chi connectivity index (χ0n) is 14.1. The van der Waals surface area contributed by atoms with E-state index < -0.39 is 10.0 Å². The summed E-state index contributed by atoms with van der Waals surface area (Å²) in [5.41, 5.74) is 1.10. The molecular weight excluding hydrogens is 354 g/mol. The van der Waals surface area contributed by atoms with Crippen molar-refractivity contribution in [1.29, 1.82) is 0 Å². The van der Waals surface area contributed by atoms with Crippen molar-refractivity contribution in [3.63, 3.8) is 0 Å². The molecule has 1 aliphatic heterocycles. The fraction of sp³-hybridized carbons (Fsp3) is 0.118. The first kappa shape index (κ1) is 19.3. The van der Waals surface area contributed by atoms with Gasteiger partial charge in [-0.1, -0.05) is 18.7 Å². The number of nitrogens with two attached hydrogens (primary N) is 1. The predicted molar refractivity (Wildman–Crippen MR) is 102 cm³/mol. The minimum absolute atomic E-state index is 0.00109. The van der Waals surface area contributed by atoms with Crippen molar-refractivity contribution in [2.75, 3.05) is 12.4 Å². The number of hydrogen-bond donors (Lipinski definition) is 3. The molecule has 136 valence electrons. The maximum atomic E-state index is 12.0. The van der Waals surface area contributed by atoms with Crippen LogP contribution in [-0.2, 0) is 14.8 Å². The second-order valence-corrected chi connectivity index (χ2v) is 6.77. The van der Waals surface area contributed by atoms with Gasteiger partial charge in [-0.3, -0.25) is 4.79 Å². The Bertz CT molecular complexity index is 926. The van der Waals surface area contributed by atoms with E-state index in [0.717, 1.165) is 0 Å². The average molecular weight is 373 g/mol. The molecule has 9 heteroatoms. The smallest absolute Gasteiger partial charge is 0.253 e. The number of guanidine groups is 1.